The minimum absolute atomic E-state index is 0.232. The molecule has 0 fully saturated rings. The molecule has 0 aliphatic carbocycles. The molecule has 0 aliphatic heterocycles. The van der Waals surface area contributed by atoms with Crippen molar-refractivity contribution in [3.8, 4) is 17.2 Å². The molecule has 0 bridgehead atoms. The zero-order valence-corrected chi connectivity index (χ0v) is 14.8. The molecule has 0 aliphatic rings. The summed E-state index contributed by atoms with van der Waals surface area (Å²) in [4.78, 5) is 0. The molecular weight excluding hydrogens is 349 g/mol. The van der Waals surface area contributed by atoms with Crippen LogP contribution in [0.4, 0.5) is 13.2 Å². The van der Waals surface area contributed by atoms with Gasteiger partial charge in [0.25, 0.3) is 0 Å². The molecule has 0 heterocycles. The Kier molecular flexibility index (Phi) is 6.74. The molecule has 2 rings (SSSR count). The van der Waals surface area contributed by atoms with E-state index in [0.29, 0.717) is 22.8 Å². The van der Waals surface area contributed by atoms with Gasteiger partial charge in [-0.3, -0.25) is 0 Å². The van der Waals surface area contributed by atoms with Crippen molar-refractivity contribution in [1.29, 1.82) is 0 Å². The fourth-order valence-electron chi connectivity index (χ4n) is 2.48. The van der Waals surface area contributed by atoms with Crippen molar-refractivity contribution < 1.29 is 32.1 Å². The fraction of sp³-hybridized carbons (Fsp3) is 0.368. The second-order valence-electron chi connectivity index (χ2n) is 5.61. The summed E-state index contributed by atoms with van der Waals surface area (Å²) in [5.74, 6) is 1.73. The van der Waals surface area contributed by atoms with Crippen molar-refractivity contribution in [1.82, 2.24) is 0 Å². The molecule has 142 valence electrons. The number of halogens is 3. The summed E-state index contributed by atoms with van der Waals surface area (Å²) in [6, 6.07) is 11.9. The van der Waals surface area contributed by atoms with Crippen LogP contribution in [0.5, 0.6) is 17.2 Å². The van der Waals surface area contributed by atoms with Crippen LogP contribution >= 0.6 is 0 Å². The Bertz CT molecular complexity index is 677. The van der Waals surface area contributed by atoms with Gasteiger partial charge in [0.15, 0.2) is 0 Å². The van der Waals surface area contributed by atoms with Gasteiger partial charge in [-0.1, -0.05) is 12.1 Å². The summed E-state index contributed by atoms with van der Waals surface area (Å²) in [6.07, 6.45) is -4.95. The van der Waals surface area contributed by atoms with Gasteiger partial charge in [-0.05, 0) is 35.4 Å². The first-order chi connectivity index (χ1) is 12.3. The first-order valence-electron chi connectivity index (χ1n) is 7.89. The Balaban J connectivity index is 2.27. The summed E-state index contributed by atoms with van der Waals surface area (Å²) in [5, 5.41) is 0. The van der Waals surface area contributed by atoms with E-state index >= 15 is 0 Å². The van der Waals surface area contributed by atoms with E-state index in [-0.39, 0.29) is 6.42 Å². The molecule has 7 heteroatoms. The van der Waals surface area contributed by atoms with E-state index in [0.717, 1.165) is 5.56 Å². The zero-order valence-electron chi connectivity index (χ0n) is 14.8. The Morgan fingerprint density at radius 1 is 0.808 bits per heavy atom. The Morgan fingerprint density at radius 3 is 1.81 bits per heavy atom. The van der Waals surface area contributed by atoms with Crippen molar-refractivity contribution in [2.75, 3.05) is 27.9 Å². The molecule has 26 heavy (non-hydrogen) atoms. The van der Waals surface area contributed by atoms with E-state index in [4.69, 9.17) is 18.9 Å². The zero-order chi connectivity index (χ0) is 19.2. The highest BCUT2D eigenvalue weighted by molar-refractivity contribution is 5.39. The number of hydrogen-bond acceptors (Lipinski definition) is 4. The lowest BCUT2D eigenvalue weighted by atomic mass is 10.0. The smallest absolute Gasteiger partial charge is 0.411 e. The summed E-state index contributed by atoms with van der Waals surface area (Å²) in [7, 11) is 4.55. The molecule has 4 nitrogen and oxygen atoms in total. The normalized spacial score (nSPS) is 12.5. The lowest BCUT2D eigenvalue weighted by molar-refractivity contribution is -0.186. The molecule has 0 saturated carbocycles. The van der Waals surface area contributed by atoms with E-state index in [1.54, 1.807) is 42.5 Å². The van der Waals surface area contributed by atoms with Crippen LogP contribution < -0.4 is 14.2 Å². The van der Waals surface area contributed by atoms with Gasteiger partial charge in [-0.2, -0.15) is 13.2 Å². The van der Waals surface area contributed by atoms with Gasteiger partial charge in [0.2, 0.25) is 0 Å². The minimum Gasteiger partial charge on any atom is -0.497 e. The van der Waals surface area contributed by atoms with Crippen LogP contribution in [-0.4, -0.2) is 34.1 Å². The Hall–Kier alpha value is -2.41. The molecule has 2 aromatic carbocycles. The van der Waals surface area contributed by atoms with Crippen molar-refractivity contribution in [2.24, 2.45) is 0 Å². The van der Waals surface area contributed by atoms with Crippen molar-refractivity contribution in [3.63, 3.8) is 0 Å². The molecule has 1 atom stereocenters. The van der Waals surface area contributed by atoms with E-state index in [1.807, 2.05) is 0 Å². The number of rotatable bonds is 8. The van der Waals surface area contributed by atoms with Gasteiger partial charge in [-0.25, -0.2) is 0 Å². The van der Waals surface area contributed by atoms with E-state index in [1.165, 1.54) is 21.3 Å². The van der Waals surface area contributed by atoms with Crippen LogP contribution in [0.1, 0.15) is 17.2 Å². The lowest BCUT2D eigenvalue weighted by Crippen LogP contribution is -2.20. The lowest BCUT2D eigenvalue weighted by Gasteiger charge is -2.20. The monoisotopic (exact) mass is 370 g/mol. The van der Waals surface area contributed by atoms with Gasteiger partial charge in [0.05, 0.1) is 27.4 Å². The van der Waals surface area contributed by atoms with Gasteiger partial charge in [-0.15, -0.1) is 0 Å². The van der Waals surface area contributed by atoms with Crippen LogP contribution in [0.3, 0.4) is 0 Å². The third-order valence-electron chi connectivity index (χ3n) is 3.77. The van der Waals surface area contributed by atoms with Crippen molar-refractivity contribution in [2.45, 2.75) is 18.7 Å². The standard InChI is InChI=1S/C19H21F3O4/c1-23-15-6-4-14(5-7-15)18(26-12-19(20,21)22)10-13-8-16(24-2)11-17(9-13)25-3/h4-9,11,18H,10,12H2,1-3H3. The van der Waals surface area contributed by atoms with Crippen molar-refractivity contribution >= 4 is 0 Å². The maximum Gasteiger partial charge on any atom is 0.411 e. The third-order valence-corrected chi connectivity index (χ3v) is 3.77. The molecule has 0 spiro atoms. The van der Waals surface area contributed by atoms with E-state index < -0.39 is 18.9 Å². The molecule has 0 saturated heterocycles. The summed E-state index contributed by atoms with van der Waals surface area (Å²) >= 11 is 0. The quantitative estimate of drug-likeness (QED) is 0.682. The maximum absolute atomic E-state index is 12.6. The summed E-state index contributed by atoms with van der Waals surface area (Å²) < 4.78 is 58.6. The topological polar surface area (TPSA) is 36.9 Å². The predicted octanol–water partition coefficient (Wildman–Crippen LogP) is 4.58. The minimum atomic E-state index is -4.41. The van der Waals surface area contributed by atoms with Crippen LogP contribution in [0.25, 0.3) is 0 Å². The molecule has 2 aromatic rings. The molecule has 0 amide bonds. The van der Waals surface area contributed by atoms with Crippen LogP contribution in [0.2, 0.25) is 0 Å². The predicted molar refractivity (Wildman–Crippen MR) is 91.0 cm³/mol. The number of methoxy groups -OCH3 is 3. The van der Waals surface area contributed by atoms with Crippen LogP contribution in [-0.2, 0) is 11.2 Å². The summed E-state index contributed by atoms with van der Waals surface area (Å²) in [6.45, 7) is -1.33. The summed E-state index contributed by atoms with van der Waals surface area (Å²) in [5.41, 5.74) is 1.36. The Labute approximate surface area is 150 Å². The van der Waals surface area contributed by atoms with E-state index in [9.17, 15) is 13.2 Å². The van der Waals surface area contributed by atoms with E-state index in [2.05, 4.69) is 0 Å². The first kappa shape index (κ1) is 19.9. The highest BCUT2D eigenvalue weighted by atomic mass is 19.4. The number of benzene rings is 2. The molecule has 0 N–H and O–H groups in total. The van der Waals surface area contributed by atoms with Crippen LogP contribution in [0, 0.1) is 0 Å². The van der Waals surface area contributed by atoms with Gasteiger partial charge in [0, 0.05) is 12.5 Å². The maximum atomic E-state index is 12.6. The second-order valence-corrected chi connectivity index (χ2v) is 5.61. The van der Waals surface area contributed by atoms with Gasteiger partial charge < -0.3 is 18.9 Å². The first-order valence-corrected chi connectivity index (χ1v) is 7.89. The third kappa shape index (κ3) is 5.84. The number of hydrogen-bond donors (Lipinski definition) is 0. The van der Waals surface area contributed by atoms with Crippen LogP contribution in [0.15, 0.2) is 42.5 Å². The average molecular weight is 370 g/mol. The molecular formula is C19H21F3O4. The molecule has 0 radical (unpaired) electrons. The largest absolute Gasteiger partial charge is 0.497 e. The number of alkyl halides is 3. The second kappa shape index (κ2) is 8.80. The Morgan fingerprint density at radius 2 is 1.35 bits per heavy atom. The fourth-order valence-corrected chi connectivity index (χ4v) is 2.48. The molecule has 1 unspecified atom stereocenters. The van der Waals surface area contributed by atoms with Crippen molar-refractivity contribution in [3.05, 3.63) is 53.6 Å². The van der Waals surface area contributed by atoms with Gasteiger partial charge >= 0.3 is 6.18 Å². The number of ether oxygens (including phenoxy) is 4. The molecule has 0 aromatic heterocycles. The van der Waals surface area contributed by atoms with Gasteiger partial charge in [0.1, 0.15) is 23.9 Å². The SMILES string of the molecule is COc1ccc(C(Cc2cc(OC)cc(OC)c2)OCC(F)(F)F)cc1. The highest BCUT2D eigenvalue weighted by Crippen LogP contribution is 2.30. The average Bonchev–Trinajstić information content (AvgIpc) is 2.64. The highest BCUT2D eigenvalue weighted by Gasteiger charge is 2.30.